The molecule has 2 aromatic carbocycles. The molecule has 0 aliphatic carbocycles. The van der Waals surface area contributed by atoms with Crippen LogP contribution in [0.1, 0.15) is 5.56 Å². The van der Waals surface area contributed by atoms with E-state index < -0.39 is 0 Å². The highest BCUT2D eigenvalue weighted by Crippen LogP contribution is 2.29. The Hall–Kier alpha value is -2.19. The van der Waals surface area contributed by atoms with E-state index in [9.17, 15) is 9.59 Å². The van der Waals surface area contributed by atoms with E-state index in [2.05, 4.69) is 28.0 Å². The Bertz CT molecular complexity index is 992. The van der Waals surface area contributed by atoms with Crippen LogP contribution >= 0.6 is 33.9 Å². The minimum absolute atomic E-state index is 0.150. The maximum Gasteiger partial charge on any atom is 0.282 e. The molecule has 0 bridgehead atoms. The van der Waals surface area contributed by atoms with Crippen molar-refractivity contribution in [3.8, 4) is 0 Å². The minimum Gasteiger partial charge on any atom is -0.267 e. The van der Waals surface area contributed by atoms with Crippen LogP contribution in [0, 0.1) is 3.57 Å². The second-order valence-electron chi connectivity index (χ2n) is 5.30. The molecular formula is C18H11IN2O2S. The summed E-state index contributed by atoms with van der Waals surface area (Å²) in [6.45, 7) is 0. The van der Waals surface area contributed by atoms with Gasteiger partial charge in [0.1, 0.15) is 5.57 Å². The Kier molecular flexibility index (Phi) is 3.85. The van der Waals surface area contributed by atoms with Crippen molar-refractivity contribution in [1.82, 2.24) is 5.43 Å². The second kappa shape index (κ2) is 6.03. The highest BCUT2D eigenvalue weighted by atomic mass is 127. The van der Waals surface area contributed by atoms with Crippen molar-refractivity contribution in [2.24, 2.45) is 0 Å². The van der Waals surface area contributed by atoms with Crippen molar-refractivity contribution in [2.75, 3.05) is 5.01 Å². The maximum absolute atomic E-state index is 12.6. The number of thiophene rings is 1. The normalized spacial score (nSPS) is 16.2. The molecule has 0 radical (unpaired) electrons. The van der Waals surface area contributed by atoms with Gasteiger partial charge in [0, 0.05) is 8.27 Å². The number of nitrogens with zero attached hydrogens (tertiary/aromatic N) is 1. The Morgan fingerprint density at radius 1 is 1.04 bits per heavy atom. The van der Waals surface area contributed by atoms with Crippen molar-refractivity contribution in [3.05, 3.63) is 68.6 Å². The number of hydrazine groups is 1. The molecule has 4 nitrogen and oxygen atoms in total. The van der Waals surface area contributed by atoms with Crippen molar-refractivity contribution in [1.29, 1.82) is 0 Å². The van der Waals surface area contributed by atoms with E-state index in [0.717, 1.165) is 19.2 Å². The molecule has 3 aromatic rings. The smallest absolute Gasteiger partial charge is 0.267 e. The summed E-state index contributed by atoms with van der Waals surface area (Å²) in [5.41, 5.74) is 4.31. The lowest BCUT2D eigenvalue weighted by molar-refractivity contribution is -0.117. The van der Waals surface area contributed by atoms with Crippen LogP contribution in [0.2, 0.25) is 0 Å². The van der Waals surface area contributed by atoms with Gasteiger partial charge >= 0.3 is 0 Å². The first-order chi connectivity index (χ1) is 11.6. The zero-order chi connectivity index (χ0) is 16.7. The fourth-order valence-electron chi connectivity index (χ4n) is 2.59. The second-order valence-corrected chi connectivity index (χ2v) is 7.46. The summed E-state index contributed by atoms with van der Waals surface area (Å²) in [7, 11) is 0. The number of hydrogen-bond acceptors (Lipinski definition) is 3. The van der Waals surface area contributed by atoms with E-state index in [0.29, 0.717) is 5.69 Å². The summed E-state index contributed by atoms with van der Waals surface area (Å²) in [6.07, 6.45) is 1.67. The predicted molar refractivity (Wildman–Crippen MR) is 105 cm³/mol. The number of anilines is 1. The van der Waals surface area contributed by atoms with E-state index >= 15 is 0 Å². The van der Waals surface area contributed by atoms with E-state index in [4.69, 9.17) is 0 Å². The van der Waals surface area contributed by atoms with E-state index in [1.54, 1.807) is 17.4 Å². The highest BCUT2D eigenvalue weighted by molar-refractivity contribution is 14.1. The van der Waals surface area contributed by atoms with E-state index in [-0.39, 0.29) is 17.4 Å². The fraction of sp³-hybridized carbons (Fsp3) is 0. The Morgan fingerprint density at radius 3 is 2.58 bits per heavy atom. The quantitative estimate of drug-likeness (QED) is 0.368. The topological polar surface area (TPSA) is 49.4 Å². The molecule has 4 rings (SSSR count). The number of benzene rings is 2. The zero-order valence-corrected chi connectivity index (χ0v) is 15.3. The van der Waals surface area contributed by atoms with Gasteiger partial charge in [-0.05, 0) is 75.3 Å². The average molecular weight is 446 g/mol. The number of nitrogens with one attached hydrogen (secondary N) is 1. The first kappa shape index (κ1) is 15.3. The third-order valence-electron chi connectivity index (χ3n) is 3.79. The number of halogens is 1. The SMILES string of the molecule is O=C1NN(c2ccc(I)cc2)C(=O)/C1=C/c1csc2ccccc12. The molecule has 2 heterocycles. The van der Waals surface area contributed by atoms with Crippen LogP contribution in [0.15, 0.2) is 59.5 Å². The van der Waals surface area contributed by atoms with E-state index in [1.165, 1.54) is 5.01 Å². The number of rotatable bonds is 2. The van der Waals surface area contributed by atoms with Gasteiger partial charge in [-0.3, -0.25) is 15.0 Å². The summed E-state index contributed by atoms with van der Waals surface area (Å²) in [4.78, 5) is 24.9. The predicted octanol–water partition coefficient (Wildman–Crippen LogP) is 3.97. The van der Waals surface area contributed by atoms with Crippen molar-refractivity contribution < 1.29 is 9.59 Å². The number of carbonyl (C=O) groups is 2. The number of carbonyl (C=O) groups excluding carboxylic acids is 2. The Labute approximate surface area is 155 Å². The van der Waals surface area contributed by atoms with Gasteiger partial charge in [-0.15, -0.1) is 11.3 Å². The largest absolute Gasteiger partial charge is 0.282 e. The highest BCUT2D eigenvalue weighted by Gasteiger charge is 2.34. The van der Waals surface area contributed by atoms with Crippen LogP contribution in [0.5, 0.6) is 0 Å². The molecule has 1 saturated heterocycles. The number of amides is 2. The molecule has 118 valence electrons. The molecule has 1 aliphatic rings. The molecule has 24 heavy (non-hydrogen) atoms. The molecular weight excluding hydrogens is 435 g/mol. The Morgan fingerprint density at radius 2 is 1.79 bits per heavy atom. The number of hydrogen-bond donors (Lipinski definition) is 1. The average Bonchev–Trinajstić information content (AvgIpc) is 3.12. The monoisotopic (exact) mass is 446 g/mol. The lowest BCUT2D eigenvalue weighted by Gasteiger charge is -2.14. The lowest BCUT2D eigenvalue weighted by Crippen LogP contribution is -2.35. The lowest BCUT2D eigenvalue weighted by atomic mass is 10.1. The van der Waals surface area contributed by atoms with Crippen LogP contribution in [-0.4, -0.2) is 11.8 Å². The third kappa shape index (κ3) is 2.61. The van der Waals surface area contributed by atoms with E-state index in [1.807, 2.05) is 53.9 Å². The number of fused-ring (bicyclic) bond motifs is 1. The van der Waals surface area contributed by atoms with Gasteiger partial charge in [-0.2, -0.15) is 0 Å². The molecule has 1 fully saturated rings. The first-order valence-electron chi connectivity index (χ1n) is 7.22. The molecule has 1 aromatic heterocycles. The van der Waals surface area contributed by atoms with Gasteiger partial charge in [0.25, 0.3) is 11.8 Å². The van der Waals surface area contributed by atoms with Gasteiger partial charge in [-0.25, -0.2) is 5.01 Å². The molecule has 0 unspecified atom stereocenters. The van der Waals surface area contributed by atoms with Crippen LogP contribution in [0.25, 0.3) is 16.2 Å². The van der Waals surface area contributed by atoms with Gasteiger partial charge in [0.05, 0.1) is 5.69 Å². The van der Waals surface area contributed by atoms with Gasteiger partial charge in [0.15, 0.2) is 0 Å². The molecule has 0 spiro atoms. The van der Waals surface area contributed by atoms with Crippen LogP contribution in [-0.2, 0) is 9.59 Å². The molecule has 1 N–H and O–H groups in total. The minimum atomic E-state index is -0.381. The zero-order valence-electron chi connectivity index (χ0n) is 12.3. The molecule has 6 heteroatoms. The van der Waals surface area contributed by atoms with Crippen molar-refractivity contribution in [2.45, 2.75) is 0 Å². The van der Waals surface area contributed by atoms with Gasteiger partial charge < -0.3 is 0 Å². The molecule has 2 amide bonds. The summed E-state index contributed by atoms with van der Waals surface area (Å²) < 4.78 is 2.19. The molecule has 0 atom stereocenters. The van der Waals surface area contributed by atoms with Crippen molar-refractivity contribution >= 4 is 67.6 Å². The Balaban J connectivity index is 1.72. The fourth-order valence-corrected chi connectivity index (χ4v) is 3.87. The van der Waals surface area contributed by atoms with Crippen LogP contribution < -0.4 is 10.4 Å². The molecule has 0 saturated carbocycles. The van der Waals surface area contributed by atoms with Crippen LogP contribution in [0.3, 0.4) is 0 Å². The summed E-state index contributed by atoms with van der Waals surface area (Å²) >= 11 is 3.79. The summed E-state index contributed by atoms with van der Waals surface area (Å²) in [5, 5.41) is 4.30. The summed E-state index contributed by atoms with van der Waals surface area (Å²) in [5.74, 6) is -0.717. The first-order valence-corrected chi connectivity index (χ1v) is 9.18. The standard InChI is InChI=1S/C18H11IN2O2S/c19-12-5-7-13(8-6-12)21-18(23)15(17(22)20-21)9-11-10-24-16-4-2-1-3-14(11)16/h1-10H,(H,20,22)/b15-9+. The van der Waals surface area contributed by atoms with Gasteiger partial charge in [0.2, 0.25) is 0 Å². The van der Waals surface area contributed by atoms with Gasteiger partial charge in [-0.1, -0.05) is 18.2 Å². The summed E-state index contributed by atoms with van der Waals surface area (Å²) in [6, 6.07) is 15.3. The van der Waals surface area contributed by atoms with Crippen molar-refractivity contribution in [3.63, 3.8) is 0 Å². The maximum atomic E-state index is 12.6. The van der Waals surface area contributed by atoms with Crippen LogP contribution in [0.4, 0.5) is 5.69 Å². The third-order valence-corrected chi connectivity index (χ3v) is 5.49. The molecule has 1 aliphatic heterocycles.